The van der Waals surface area contributed by atoms with E-state index in [9.17, 15) is 19.2 Å². The molecule has 2 rings (SSSR count). The van der Waals surface area contributed by atoms with Crippen molar-refractivity contribution in [2.75, 3.05) is 23.7 Å². The van der Waals surface area contributed by atoms with Crippen LogP contribution in [0.4, 0.5) is 11.4 Å². The van der Waals surface area contributed by atoms with Gasteiger partial charge >= 0.3 is 0 Å². The highest BCUT2D eigenvalue weighted by Crippen LogP contribution is 2.21. The van der Waals surface area contributed by atoms with Gasteiger partial charge in [0.2, 0.25) is 11.8 Å². The van der Waals surface area contributed by atoms with E-state index in [2.05, 4.69) is 15.6 Å². The van der Waals surface area contributed by atoms with Crippen molar-refractivity contribution in [3.05, 3.63) is 46.8 Å². The third-order valence-corrected chi connectivity index (χ3v) is 5.21. The fourth-order valence-corrected chi connectivity index (χ4v) is 3.65. The van der Waals surface area contributed by atoms with Crippen molar-refractivity contribution in [1.29, 1.82) is 0 Å². The molecule has 0 saturated heterocycles. The van der Waals surface area contributed by atoms with Crippen LogP contribution in [0.1, 0.15) is 59.8 Å². The number of carbonyl (C=O) groups is 4. The number of likely N-dealkylation sites (N-methyl/N-ethyl adjacent to an activating group) is 1. The van der Waals surface area contributed by atoms with Crippen LogP contribution in [0.15, 0.2) is 24.3 Å². The Morgan fingerprint density at radius 2 is 1.55 bits per heavy atom. The third-order valence-electron chi connectivity index (χ3n) is 5.21. The van der Waals surface area contributed by atoms with E-state index in [-0.39, 0.29) is 29.9 Å². The lowest BCUT2D eigenvalue weighted by Crippen LogP contribution is -2.43. The standard InChI is InChI=1S/C23H30N4O4/c1-7-27(12-20(30)26-19-10-8-18(9-11-19)25-17(6)29)15(4)23(31)22-13(2)21(16(5)28)14(3)24-22/h8-11,15,24H,7,12H2,1-6H3,(H,25,29)(H,26,30)/t15-/m1/s1. The van der Waals surface area contributed by atoms with Crippen LogP contribution < -0.4 is 10.6 Å². The van der Waals surface area contributed by atoms with E-state index in [1.165, 1.54) is 13.8 Å². The SMILES string of the molecule is CCN(CC(=O)Nc1ccc(NC(C)=O)cc1)[C@H](C)C(=O)c1[nH]c(C)c(C(C)=O)c1C. The van der Waals surface area contributed by atoms with Crippen LogP contribution in [-0.2, 0) is 9.59 Å². The first-order valence-corrected chi connectivity index (χ1v) is 10.2. The Labute approximate surface area is 182 Å². The summed E-state index contributed by atoms with van der Waals surface area (Å²) < 4.78 is 0. The monoisotopic (exact) mass is 426 g/mol. The second-order valence-electron chi connectivity index (χ2n) is 7.59. The average Bonchev–Trinajstić information content (AvgIpc) is 3.00. The van der Waals surface area contributed by atoms with Crippen LogP contribution in [0.25, 0.3) is 0 Å². The molecule has 0 bridgehead atoms. The molecule has 0 aliphatic rings. The molecule has 0 aliphatic heterocycles. The molecule has 8 nitrogen and oxygen atoms in total. The number of ketones is 2. The summed E-state index contributed by atoms with van der Waals surface area (Å²) in [5, 5.41) is 5.47. The summed E-state index contributed by atoms with van der Waals surface area (Å²) in [6, 6.07) is 6.24. The maximum Gasteiger partial charge on any atom is 0.238 e. The number of hydrogen-bond acceptors (Lipinski definition) is 5. The van der Waals surface area contributed by atoms with Gasteiger partial charge in [0.15, 0.2) is 11.6 Å². The van der Waals surface area contributed by atoms with Gasteiger partial charge in [0.05, 0.1) is 18.3 Å². The van der Waals surface area contributed by atoms with Crippen molar-refractivity contribution in [3.8, 4) is 0 Å². The Morgan fingerprint density at radius 3 is 2.00 bits per heavy atom. The van der Waals surface area contributed by atoms with Gasteiger partial charge in [0.25, 0.3) is 0 Å². The minimum absolute atomic E-state index is 0.0369. The molecule has 166 valence electrons. The first-order chi connectivity index (χ1) is 14.5. The zero-order chi connectivity index (χ0) is 23.3. The summed E-state index contributed by atoms with van der Waals surface area (Å²) in [6.07, 6.45) is 0. The van der Waals surface area contributed by atoms with Crippen molar-refractivity contribution in [3.63, 3.8) is 0 Å². The lowest BCUT2D eigenvalue weighted by Gasteiger charge is -2.26. The maximum atomic E-state index is 13.1. The zero-order valence-electron chi connectivity index (χ0n) is 18.9. The smallest absolute Gasteiger partial charge is 0.238 e. The van der Waals surface area contributed by atoms with Crippen LogP contribution in [0.5, 0.6) is 0 Å². The molecular formula is C23H30N4O4. The average molecular weight is 427 g/mol. The number of aromatic amines is 1. The maximum absolute atomic E-state index is 13.1. The number of H-pyrrole nitrogens is 1. The zero-order valence-corrected chi connectivity index (χ0v) is 18.9. The van der Waals surface area contributed by atoms with Crippen LogP contribution in [0.2, 0.25) is 0 Å². The van der Waals surface area contributed by atoms with Crippen molar-refractivity contribution in [1.82, 2.24) is 9.88 Å². The summed E-state index contributed by atoms with van der Waals surface area (Å²) in [6.45, 7) is 10.6. The topological polar surface area (TPSA) is 111 Å². The lowest BCUT2D eigenvalue weighted by atomic mass is 10.0. The Hall–Kier alpha value is -3.26. The van der Waals surface area contributed by atoms with Gasteiger partial charge in [-0.25, -0.2) is 0 Å². The van der Waals surface area contributed by atoms with Gasteiger partial charge in [-0.05, 0) is 64.1 Å². The Balaban J connectivity index is 2.07. The number of benzene rings is 1. The predicted octanol–water partition coefficient (Wildman–Crippen LogP) is 3.32. The first-order valence-electron chi connectivity index (χ1n) is 10.2. The van der Waals surface area contributed by atoms with Crippen molar-refractivity contribution in [2.45, 2.75) is 47.6 Å². The highest BCUT2D eigenvalue weighted by atomic mass is 16.2. The van der Waals surface area contributed by atoms with E-state index in [0.717, 1.165) is 0 Å². The number of amides is 2. The lowest BCUT2D eigenvalue weighted by molar-refractivity contribution is -0.117. The van der Waals surface area contributed by atoms with Gasteiger partial charge in [-0.15, -0.1) is 0 Å². The third kappa shape index (κ3) is 5.88. The molecule has 0 saturated carbocycles. The molecule has 1 aromatic carbocycles. The normalized spacial score (nSPS) is 11.8. The molecule has 31 heavy (non-hydrogen) atoms. The van der Waals surface area contributed by atoms with E-state index >= 15 is 0 Å². The number of Topliss-reactive ketones (excluding diaryl/α,β-unsaturated/α-hetero) is 2. The van der Waals surface area contributed by atoms with E-state index in [4.69, 9.17) is 0 Å². The Bertz CT molecular complexity index is 992. The minimum Gasteiger partial charge on any atom is -0.355 e. The number of rotatable bonds is 9. The molecule has 1 aromatic heterocycles. The number of aromatic nitrogens is 1. The summed E-state index contributed by atoms with van der Waals surface area (Å²) in [4.78, 5) is 53.4. The number of nitrogens with one attached hydrogen (secondary N) is 3. The van der Waals surface area contributed by atoms with Gasteiger partial charge in [0.1, 0.15) is 0 Å². The van der Waals surface area contributed by atoms with Crippen LogP contribution in [0.3, 0.4) is 0 Å². The largest absolute Gasteiger partial charge is 0.355 e. The molecule has 3 N–H and O–H groups in total. The minimum atomic E-state index is -0.547. The second kappa shape index (κ2) is 10.2. The summed E-state index contributed by atoms with van der Waals surface area (Å²) in [7, 11) is 0. The van der Waals surface area contributed by atoms with E-state index in [1.54, 1.807) is 49.9 Å². The molecule has 0 radical (unpaired) electrons. The fourth-order valence-electron chi connectivity index (χ4n) is 3.65. The molecule has 0 fully saturated rings. The van der Waals surface area contributed by atoms with E-state index in [0.29, 0.717) is 40.4 Å². The predicted molar refractivity (Wildman–Crippen MR) is 121 cm³/mol. The number of anilines is 2. The van der Waals surface area contributed by atoms with Crippen LogP contribution in [-0.4, -0.2) is 52.4 Å². The van der Waals surface area contributed by atoms with Crippen molar-refractivity contribution < 1.29 is 19.2 Å². The van der Waals surface area contributed by atoms with Gasteiger partial charge in [-0.2, -0.15) is 0 Å². The first kappa shape index (κ1) is 24.0. The molecule has 2 aromatic rings. The van der Waals surface area contributed by atoms with Gasteiger partial charge in [0, 0.05) is 29.6 Å². The number of nitrogens with zero attached hydrogens (tertiary/aromatic N) is 1. The van der Waals surface area contributed by atoms with Crippen molar-refractivity contribution >= 4 is 34.8 Å². The number of aryl methyl sites for hydroxylation is 1. The summed E-state index contributed by atoms with van der Waals surface area (Å²) >= 11 is 0. The highest BCUT2D eigenvalue weighted by molar-refractivity contribution is 6.05. The second-order valence-corrected chi connectivity index (χ2v) is 7.59. The molecule has 2 amide bonds. The molecule has 0 aliphatic carbocycles. The molecule has 1 atom stereocenters. The van der Waals surface area contributed by atoms with Crippen molar-refractivity contribution in [2.24, 2.45) is 0 Å². The van der Waals surface area contributed by atoms with Gasteiger partial charge in [-0.3, -0.25) is 24.1 Å². The molecule has 8 heteroatoms. The fraction of sp³-hybridized carbons (Fsp3) is 0.391. The number of hydrogen-bond donors (Lipinski definition) is 3. The van der Waals surface area contributed by atoms with Crippen LogP contribution >= 0.6 is 0 Å². The summed E-state index contributed by atoms with van der Waals surface area (Å²) in [5.41, 5.74) is 3.49. The van der Waals surface area contributed by atoms with Gasteiger partial charge in [-0.1, -0.05) is 6.92 Å². The quantitative estimate of drug-likeness (QED) is 0.533. The van der Waals surface area contributed by atoms with E-state index < -0.39 is 6.04 Å². The Morgan fingerprint density at radius 1 is 1.00 bits per heavy atom. The molecular weight excluding hydrogens is 396 g/mol. The summed E-state index contributed by atoms with van der Waals surface area (Å²) in [5.74, 6) is -0.675. The Kier molecular flexibility index (Phi) is 7.88. The highest BCUT2D eigenvalue weighted by Gasteiger charge is 2.27. The molecule has 1 heterocycles. The molecule has 0 unspecified atom stereocenters. The number of carbonyl (C=O) groups excluding carboxylic acids is 4. The van der Waals surface area contributed by atoms with Crippen LogP contribution in [0, 0.1) is 13.8 Å². The van der Waals surface area contributed by atoms with Gasteiger partial charge < -0.3 is 15.6 Å². The van der Waals surface area contributed by atoms with E-state index in [1.807, 2.05) is 6.92 Å². The molecule has 0 spiro atoms.